The molecular formula is C100H146N12O26. The quantitative estimate of drug-likeness (QED) is 0.00883. The number of unbranched alkanes of at least 4 members (excludes halogenated alkanes) is 1. The van der Waals surface area contributed by atoms with Gasteiger partial charge in [-0.15, -0.1) is 0 Å². The fourth-order valence-electron chi connectivity index (χ4n) is 14.9. The molecule has 38 nitrogen and oxygen atoms in total. The fourth-order valence-corrected chi connectivity index (χ4v) is 14.9. The Morgan fingerprint density at radius 2 is 0.884 bits per heavy atom. The van der Waals surface area contributed by atoms with Crippen LogP contribution in [0.25, 0.3) is 0 Å². The van der Waals surface area contributed by atoms with E-state index >= 15 is 0 Å². The lowest BCUT2D eigenvalue weighted by Gasteiger charge is -2.33. The van der Waals surface area contributed by atoms with Gasteiger partial charge in [0, 0.05) is 102 Å². The molecule has 0 saturated carbocycles. The van der Waals surface area contributed by atoms with Crippen LogP contribution in [-0.2, 0) is 108 Å². The van der Waals surface area contributed by atoms with Crippen LogP contribution >= 0.6 is 0 Å². The lowest BCUT2D eigenvalue weighted by atomic mass is 9.90. The Bertz CT molecular complexity index is 4770. The number of likely N-dealkylation sites (N-methyl/N-ethyl adjacent to an activating group) is 4. The average molecular weight is 1930 g/mol. The molecule has 5 rings (SSSR count). The van der Waals surface area contributed by atoms with E-state index in [1.54, 1.807) is 122 Å². The number of alkyl carbamates (subject to hydrolysis) is 1. The van der Waals surface area contributed by atoms with Crippen LogP contribution in [0.2, 0.25) is 0 Å². The zero-order valence-corrected chi connectivity index (χ0v) is 84.2. The number of hydrogen-bond donors (Lipinski definition) is 8. The number of nitrogens with one attached hydrogen (secondary N) is 7. The largest absolute Gasteiger partial charge is 0.514 e. The Balaban J connectivity index is 0.000000577. The van der Waals surface area contributed by atoms with Crippen molar-refractivity contribution in [2.24, 2.45) is 35.5 Å². The molecule has 11 amide bonds. The number of cyclic esters (lactones) is 4. The van der Waals surface area contributed by atoms with Crippen molar-refractivity contribution in [1.82, 2.24) is 56.8 Å². The van der Waals surface area contributed by atoms with Crippen molar-refractivity contribution in [2.75, 3.05) is 54.4 Å². The summed E-state index contributed by atoms with van der Waals surface area (Å²) in [5, 5.41) is 39.1. The van der Waals surface area contributed by atoms with Crippen LogP contribution in [0.15, 0.2) is 132 Å². The van der Waals surface area contributed by atoms with E-state index in [1.807, 2.05) is 47.6 Å². The zero-order chi connectivity index (χ0) is 104. The Morgan fingerprint density at radius 1 is 0.514 bits per heavy atom. The summed E-state index contributed by atoms with van der Waals surface area (Å²) in [6.07, 6.45) is -0.816. The SMILES string of the molecule is C/C=C(\C)[C@H]1OC(=O)[C@@H](C)NC(=O)[C@H](C(C)CC)NC(=O)CN(C)C(=O)[C@@H](Cc2ccccc2)N(C)C(=O)[C@H](C)NC(=O)[C@@H](CC(C)C)OC(=O)/C(C)=C/C[C@H](OC(=O)NCCCCO)[C@@H]1C.C/C=C(\C)[C@H]1OC(=O)[C@@H](C)NC(=O)[C@H](C(C)CC)NC(=O)CN(C)C(=O)[C@@H](Cc2ccccc2)N(C)C(=O)[C@H](C)NC(=O)[C@@H](CC(C)C)OC(=O)/C(C)=C/C[C@H](OC(=O)Oc2ccc([N+](=O)[O-])cc2)[C@@H]1C. The molecule has 138 heavy (non-hydrogen) atoms. The molecule has 0 saturated heterocycles. The highest BCUT2D eigenvalue weighted by molar-refractivity contribution is 5.99. The first-order chi connectivity index (χ1) is 64.9. The van der Waals surface area contributed by atoms with E-state index in [0.717, 1.165) is 27.5 Å². The second kappa shape index (κ2) is 58.0. The van der Waals surface area contributed by atoms with Crippen LogP contribution in [0.4, 0.5) is 15.3 Å². The number of carbonyl (C=O) groups excluding carboxylic acids is 16. The Morgan fingerprint density at radius 3 is 1.23 bits per heavy atom. The molecule has 0 fully saturated rings. The molecule has 0 aromatic heterocycles. The number of carbonyl (C=O) groups is 16. The number of ether oxygens (including phenoxy) is 7. The third-order valence-electron chi connectivity index (χ3n) is 24.2. The monoisotopic (exact) mass is 1930 g/mol. The number of esters is 4. The van der Waals surface area contributed by atoms with Crippen LogP contribution < -0.4 is 42.0 Å². The van der Waals surface area contributed by atoms with Crippen molar-refractivity contribution >= 4 is 101 Å². The van der Waals surface area contributed by atoms with Gasteiger partial charge in [0.15, 0.2) is 12.2 Å². The minimum atomic E-state index is -1.37. The number of aliphatic hydroxyl groups excluding tert-OH is 1. The van der Waals surface area contributed by atoms with Crippen LogP contribution in [0.5, 0.6) is 5.75 Å². The lowest BCUT2D eigenvalue weighted by molar-refractivity contribution is -0.384. The Labute approximate surface area is 809 Å². The third-order valence-corrected chi connectivity index (χ3v) is 24.2. The first-order valence-corrected chi connectivity index (χ1v) is 47.0. The van der Waals surface area contributed by atoms with Gasteiger partial charge in [0.05, 0.1) is 18.0 Å². The van der Waals surface area contributed by atoms with E-state index in [9.17, 15) is 91.9 Å². The molecule has 0 bridgehead atoms. The highest BCUT2D eigenvalue weighted by atomic mass is 16.7. The van der Waals surface area contributed by atoms with E-state index in [-0.39, 0.29) is 86.1 Å². The topological polar surface area (TPSA) is 498 Å². The highest BCUT2D eigenvalue weighted by Crippen LogP contribution is 2.31. The van der Waals surface area contributed by atoms with Crippen molar-refractivity contribution in [3.8, 4) is 5.75 Å². The fraction of sp³-hybridized carbons (Fsp3) is 0.580. The second-order valence-electron chi connectivity index (χ2n) is 36.3. The molecule has 3 aromatic rings. The van der Waals surface area contributed by atoms with Crippen molar-refractivity contribution in [1.29, 1.82) is 0 Å². The van der Waals surface area contributed by atoms with Crippen molar-refractivity contribution < 1.29 is 120 Å². The number of hydrogen-bond acceptors (Lipinski definition) is 26. The molecule has 2 heterocycles. The maximum atomic E-state index is 14.3. The number of nitrogens with zero attached hydrogens (tertiary/aromatic N) is 5. The molecule has 38 heteroatoms. The van der Waals surface area contributed by atoms with Gasteiger partial charge in [0.1, 0.15) is 78.5 Å². The van der Waals surface area contributed by atoms with E-state index < -0.39 is 222 Å². The van der Waals surface area contributed by atoms with Crippen LogP contribution in [-0.4, -0.2) is 264 Å². The molecule has 762 valence electrons. The summed E-state index contributed by atoms with van der Waals surface area (Å²) in [6.45, 7) is 32.4. The van der Waals surface area contributed by atoms with Gasteiger partial charge in [-0.05, 0) is 153 Å². The molecule has 2 unspecified atom stereocenters. The van der Waals surface area contributed by atoms with Crippen molar-refractivity contribution in [2.45, 2.75) is 288 Å². The highest BCUT2D eigenvalue weighted by Gasteiger charge is 2.42. The minimum Gasteiger partial charge on any atom is -0.456 e. The number of amides is 11. The zero-order valence-electron chi connectivity index (χ0n) is 84.2. The molecule has 0 spiro atoms. The molecule has 2 aliphatic rings. The summed E-state index contributed by atoms with van der Waals surface area (Å²) in [5.74, 6) is -13.0. The van der Waals surface area contributed by atoms with E-state index in [2.05, 4.69) is 37.2 Å². The normalized spacial score (nSPS) is 26.1. The van der Waals surface area contributed by atoms with Gasteiger partial charge < -0.3 is 95.1 Å². The summed E-state index contributed by atoms with van der Waals surface area (Å²) >= 11 is 0. The average Bonchev–Trinajstić information content (AvgIpc) is 0.851. The van der Waals surface area contributed by atoms with Crippen LogP contribution in [0.3, 0.4) is 0 Å². The standard InChI is InChI=1S/C51H70N6O14.C49H76N6O12/c1-13-30(5)43-46(60)53-35(10)50(64)71-44(31(6)14-2)33(8)40(70-51(65)68-38-23-21-37(22-24-38)57(66)67)25-20-32(7)49(63)69-41(26-29(3)4)45(59)52-34(9)47(61)56(12)39(27-36-18-16-15-17-19-36)48(62)55(11)28-42(58)54-43;1-13-30(5)41-44(59)52-35(10)48(63)67-42(31(6)14-2)33(8)38(66-49(64)50-24-18-19-25-56)23-22-32(7)47(62)65-39(26-29(3)4)43(58)51-34(9)45(60)55(12)37(27-36-20-16-15-17-21-36)46(61)54(11)28-40(57)53-41/h14-24,29-30,33-35,39-41,43-44H,13,25-28H2,1-12H3,(H,52,59)(H,53,60)(H,54,58);14-17,20-22,29-30,33-35,37-39,41-42,56H,13,18-19,23-28H2,1-12H3,(H,50,64)(H,51,58)(H,52,59)(H,53,57)/b31-14+,32-20+;31-14+,32-22+/t30?,33-,34-,35+,39+,40-,41+,43-,44+;30?,33-,34-,35+,37+,38-,39+,41-,42+/m00/s1. The summed E-state index contributed by atoms with van der Waals surface area (Å²) in [7, 11) is 5.62. The summed E-state index contributed by atoms with van der Waals surface area (Å²) in [5.41, 5.74) is 2.38. The number of non-ortho nitro benzene ring substituents is 1. The number of rotatable bonds is 22. The molecule has 8 N–H and O–H groups in total. The number of benzene rings is 3. The number of nitro groups is 1. The van der Waals surface area contributed by atoms with E-state index in [4.69, 9.17) is 33.2 Å². The minimum absolute atomic E-state index is 0.00312. The van der Waals surface area contributed by atoms with Gasteiger partial charge in [-0.1, -0.05) is 167 Å². The van der Waals surface area contributed by atoms with Gasteiger partial charge in [-0.2, -0.15) is 0 Å². The van der Waals surface area contributed by atoms with Crippen LogP contribution in [0, 0.1) is 45.6 Å². The smallest absolute Gasteiger partial charge is 0.456 e. The molecular weight excluding hydrogens is 1790 g/mol. The summed E-state index contributed by atoms with van der Waals surface area (Å²) in [4.78, 5) is 236. The molecule has 0 radical (unpaired) electrons. The van der Waals surface area contributed by atoms with Gasteiger partial charge in [0.25, 0.3) is 17.5 Å². The molecule has 2 aliphatic heterocycles. The molecule has 18 atom stereocenters. The van der Waals surface area contributed by atoms with E-state index in [1.165, 1.54) is 104 Å². The predicted octanol–water partition coefficient (Wildman–Crippen LogP) is 9.11. The lowest BCUT2D eigenvalue weighted by Crippen LogP contribution is -2.57. The van der Waals surface area contributed by atoms with Gasteiger partial charge in [0.2, 0.25) is 47.3 Å². The first-order valence-electron chi connectivity index (χ1n) is 47.0. The molecule has 3 aromatic carbocycles. The maximum Gasteiger partial charge on any atom is 0.514 e. The second-order valence-corrected chi connectivity index (χ2v) is 36.3. The number of nitro benzene ring substituents is 1. The van der Waals surface area contributed by atoms with Gasteiger partial charge in [-0.3, -0.25) is 58.1 Å². The number of allylic oxidation sites excluding steroid dienone is 2. The van der Waals surface area contributed by atoms with Crippen LogP contribution in [0.1, 0.15) is 201 Å². The van der Waals surface area contributed by atoms with Crippen molar-refractivity contribution in [3.05, 3.63) is 153 Å². The summed E-state index contributed by atoms with van der Waals surface area (Å²) < 4.78 is 40.6. The van der Waals surface area contributed by atoms with Gasteiger partial charge >= 0.3 is 36.1 Å². The third kappa shape index (κ3) is 37.5. The van der Waals surface area contributed by atoms with E-state index in [0.29, 0.717) is 42.4 Å². The maximum absolute atomic E-state index is 14.3. The molecule has 0 aliphatic carbocycles. The van der Waals surface area contributed by atoms with Gasteiger partial charge in [-0.25, -0.2) is 28.8 Å². The first kappa shape index (κ1) is 117. The van der Waals surface area contributed by atoms with Crippen molar-refractivity contribution in [3.63, 3.8) is 0 Å². The number of aliphatic hydroxyl groups is 1. The predicted molar refractivity (Wildman–Crippen MR) is 513 cm³/mol. The summed E-state index contributed by atoms with van der Waals surface area (Å²) in [6, 6.07) is 13.1. The Kier molecular flexibility index (Phi) is 49.3. The Hall–Kier alpha value is -12.9.